The second-order valence-electron chi connectivity index (χ2n) is 6.04. The van der Waals surface area contributed by atoms with Gasteiger partial charge in [-0.15, -0.1) is 0 Å². The van der Waals surface area contributed by atoms with Crippen LogP contribution in [0.3, 0.4) is 0 Å². The summed E-state index contributed by atoms with van der Waals surface area (Å²) >= 11 is 0. The molecular weight excluding hydrogens is 357 g/mol. The predicted octanol–water partition coefficient (Wildman–Crippen LogP) is 3.11. The number of halogens is 1. The molecule has 0 spiro atoms. The highest BCUT2D eigenvalue weighted by Gasteiger charge is 2.26. The number of rotatable bonds is 5. The number of anilines is 2. The molecule has 0 aromatic heterocycles. The summed E-state index contributed by atoms with van der Waals surface area (Å²) in [4.78, 5) is 13.9. The molecule has 1 aliphatic rings. The second kappa shape index (κ2) is 7.33. The first-order valence-electron chi connectivity index (χ1n) is 8.37. The minimum Gasteiger partial charge on any atom is -0.338 e. The first kappa shape index (κ1) is 18.2. The van der Waals surface area contributed by atoms with Gasteiger partial charge in [0, 0.05) is 24.5 Å². The SMILES string of the molecule is CCCNC(=O)N1CCc2cc(S(=O)(=O)Nc3ccc(F)cc3)ccc21. The van der Waals surface area contributed by atoms with E-state index in [4.69, 9.17) is 0 Å². The molecule has 0 aliphatic carbocycles. The number of urea groups is 1. The van der Waals surface area contributed by atoms with Crippen LogP contribution in [0.15, 0.2) is 47.4 Å². The number of benzene rings is 2. The van der Waals surface area contributed by atoms with Gasteiger partial charge in [-0.1, -0.05) is 6.92 Å². The van der Waals surface area contributed by atoms with Crippen LogP contribution in [0.25, 0.3) is 0 Å². The topological polar surface area (TPSA) is 78.5 Å². The zero-order valence-electron chi connectivity index (χ0n) is 14.3. The minimum absolute atomic E-state index is 0.108. The number of carbonyl (C=O) groups is 1. The lowest BCUT2D eigenvalue weighted by Gasteiger charge is -2.18. The summed E-state index contributed by atoms with van der Waals surface area (Å²) in [6, 6.07) is 9.61. The molecule has 138 valence electrons. The Morgan fingerprint density at radius 3 is 2.62 bits per heavy atom. The van der Waals surface area contributed by atoms with Gasteiger partial charge in [-0.2, -0.15) is 0 Å². The number of amides is 2. The van der Waals surface area contributed by atoms with Gasteiger partial charge in [-0.3, -0.25) is 9.62 Å². The number of fused-ring (bicyclic) bond motifs is 1. The van der Waals surface area contributed by atoms with Gasteiger partial charge in [0.15, 0.2) is 0 Å². The van der Waals surface area contributed by atoms with Crippen LogP contribution in [0.1, 0.15) is 18.9 Å². The average molecular weight is 377 g/mol. The monoisotopic (exact) mass is 377 g/mol. The summed E-state index contributed by atoms with van der Waals surface area (Å²) < 4.78 is 40.5. The average Bonchev–Trinajstić information content (AvgIpc) is 3.05. The number of hydrogen-bond donors (Lipinski definition) is 2. The first-order valence-corrected chi connectivity index (χ1v) is 9.85. The molecule has 2 N–H and O–H groups in total. The molecule has 0 fully saturated rings. The zero-order valence-corrected chi connectivity index (χ0v) is 15.1. The van der Waals surface area contributed by atoms with Crippen molar-refractivity contribution >= 4 is 27.4 Å². The van der Waals surface area contributed by atoms with E-state index in [1.807, 2.05) is 6.92 Å². The van der Waals surface area contributed by atoms with Crippen molar-refractivity contribution in [3.05, 3.63) is 53.8 Å². The van der Waals surface area contributed by atoms with Crippen LogP contribution < -0.4 is 14.9 Å². The lowest BCUT2D eigenvalue weighted by Crippen LogP contribution is -2.39. The molecule has 26 heavy (non-hydrogen) atoms. The largest absolute Gasteiger partial charge is 0.338 e. The van der Waals surface area contributed by atoms with Crippen LogP contribution in [0.4, 0.5) is 20.6 Å². The Bertz CT molecular complexity index is 914. The lowest BCUT2D eigenvalue weighted by molar-refractivity contribution is 0.247. The van der Waals surface area contributed by atoms with Gasteiger partial charge in [0.1, 0.15) is 5.82 Å². The van der Waals surface area contributed by atoms with Crippen molar-refractivity contribution in [2.24, 2.45) is 0 Å². The third kappa shape index (κ3) is 3.80. The fourth-order valence-corrected chi connectivity index (χ4v) is 3.92. The van der Waals surface area contributed by atoms with E-state index in [1.165, 1.54) is 30.3 Å². The van der Waals surface area contributed by atoms with Gasteiger partial charge in [0.05, 0.1) is 4.90 Å². The summed E-state index contributed by atoms with van der Waals surface area (Å²) in [5.41, 5.74) is 1.81. The lowest BCUT2D eigenvalue weighted by atomic mass is 10.2. The smallest absolute Gasteiger partial charge is 0.321 e. The van der Waals surface area contributed by atoms with E-state index < -0.39 is 15.8 Å². The van der Waals surface area contributed by atoms with Gasteiger partial charge in [-0.05, 0) is 60.9 Å². The molecule has 0 saturated carbocycles. The Kier molecular flexibility index (Phi) is 5.13. The number of nitrogens with one attached hydrogen (secondary N) is 2. The molecule has 0 atom stereocenters. The summed E-state index contributed by atoms with van der Waals surface area (Å²) in [5, 5.41) is 2.82. The number of sulfonamides is 1. The van der Waals surface area contributed by atoms with E-state index in [0.29, 0.717) is 19.5 Å². The van der Waals surface area contributed by atoms with Crippen molar-refractivity contribution in [2.75, 3.05) is 22.7 Å². The van der Waals surface area contributed by atoms with Gasteiger partial charge in [0.25, 0.3) is 10.0 Å². The third-order valence-corrected chi connectivity index (χ3v) is 5.50. The molecule has 0 saturated heterocycles. The number of carbonyl (C=O) groups excluding carboxylic acids is 1. The second-order valence-corrected chi connectivity index (χ2v) is 7.72. The van der Waals surface area contributed by atoms with E-state index in [9.17, 15) is 17.6 Å². The van der Waals surface area contributed by atoms with Crippen LogP contribution in [-0.4, -0.2) is 27.5 Å². The van der Waals surface area contributed by atoms with E-state index in [0.717, 1.165) is 17.7 Å². The molecule has 1 aliphatic heterocycles. The van der Waals surface area contributed by atoms with E-state index in [-0.39, 0.29) is 16.6 Å². The van der Waals surface area contributed by atoms with Crippen LogP contribution in [0, 0.1) is 5.82 Å². The standard InChI is InChI=1S/C18H20FN3O3S/c1-2-10-20-18(23)22-11-9-13-12-16(7-8-17(13)22)26(24,25)21-15-5-3-14(19)4-6-15/h3-8,12,21H,2,9-11H2,1H3,(H,20,23). The Morgan fingerprint density at radius 2 is 1.92 bits per heavy atom. The van der Waals surface area contributed by atoms with Crippen molar-refractivity contribution < 1.29 is 17.6 Å². The van der Waals surface area contributed by atoms with E-state index in [2.05, 4.69) is 10.0 Å². The highest BCUT2D eigenvalue weighted by Crippen LogP contribution is 2.30. The number of hydrogen-bond acceptors (Lipinski definition) is 3. The summed E-state index contributed by atoms with van der Waals surface area (Å²) in [5.74, 6) is -0.438. The van der Waals surface area contributed by atoms with E-state index in [1.54, 1.807) is 17.0 Å². The molecule has 0 radical (unpaired) electrons. The maximum absolute atomic E-state index is 13.0. The highest BCUT2D eigenvalue weighted by atomic mass is 32.2. The molecule has 2 aromatic carbocycles. The normalized spacial score (nSPS) is 13.4. The van der Waals surface area contributed by atoms with Crippen molar-refractivity contribution in [3.8, 4) is 0 Å². The molecule has 6 nitrogen and oxygen atoms in total. The summed E-state index contributed by atoms with van der Waals surface area (Å²) in [6.45, 7) is 3.09. The van der Waals surface area contributed by atoms with Crippen LogP contribution >= 0.6 is 0 Å². The maximum Gasteiger partial charge on any atom is 0.321 e. The Morgan fingerprint density at radius 1 is 1.19 bits per heavy atom. The first-order chi connectivity index (χ1) is 12.4. The van der Waals surface area contributed by atoms with Crippen molar-refractivity contribution in [2.45, 2.75) is 24.7 Å². The quantitative estimate of drug-likeness (QED) is 0.840. The molecule has 8 heteroatoms. The maximum atomic E-state index is 13.0. The van der Waals surface area contributed by atoms with Crippen molar-refractivity contribution in [1.82, 2.24) is 5.32 Å². The Balaban J connectivity index is 1.80. The van der Waals surface area contributed by atoms with Crippen LogP contribution in [0.5, 0.6) is 0 Å². The molecule has 1 heterocycles. The molecular formula is C18H20FN3O3S. The predicted molar refractivity (Wildman–Crippen MR) is 98.4 cm³/mol. The molecule has 0 unspecified atom stereocenters. The molecule has 3 rings (SSSR count). The van der Waals surface area contributed by atoms with Crippen LogP contribution in [-0.2, 0) is 16.4 Å². The molecule has 2 aromatic rings. The summed E-state index contributed by atoms with van der Waals surface area (Å²) in [6.07, 6.45) is 1.44. The van der Waals surface area contributed by atoms with Gasteiger partial charge in [0.2, 0.25) is 0 Å². The number of nitrogens with zero attached hydrogens (tertiary/aromatic N) is 1. The summed E-state index contributed by atoms with van der Waals surface area (Å²) in [7, 11) is -3.79. The minimum atomic E-state index is -3.79. The molecule has 2 amide bonds. The fourth-order valence-electron chi connectivity index (χ4n) is 2.82. The third-order valence-electron chi connectivity index (χ3n) is 4.12. The fraction of sp³-hybridized carbons (Fsp3) is 0.278. The molecule has 0 bridgehead atoms. The van der Waals surface area contributed by atoms with Crippen molar-refractivity contribution in [1.29, 1.82) is 0 Å². The van der Waals surface area contributed by atoms with Crippen molar-refractivity contribution in [3.63, 3.8) is 0 Å². The van der Waals surface area contributed by atoms with Gasteiger partial charge < -0.3 is 5.32 Å². The van der Waals surface area contributed by atoms with E-state index >= 15 is 0 Å². The van der Waals surface area contributed by atoms with Crippen LogP contribution in [0.2, 0.25) is 0 Å². The van der Waals surface area contributed by atoms with Gasteiger partial charge in [-0.25, -0.2) is 17.6 Å². The highest BCUT2D eigenvalue weighted by molar-refractivity contribution is 7.92. The Labute approximate surface area is 152 Å². The zero-order chi connectivity index (χ0) is 18.7. The van der Waals surface area contributed by atoms with Gasteiger partial charge >= 0.3 is 6.03 Å². The Hall–Kier alpha value is -2.61.